The third kappa shape index (κ3) is 5.66. The van der Waals surface area contributed by atoms with Gasteiger partial charge >= 0.3 is 0 Å². The number of benzene rings is 1. The van der Waals surface area contributed by atoms with Crippen molar-refractivity contribution in [2.24, 2.45) is 4.99 Å². The summed E-state index contributed by atoms with van der Waals surface area (Å²) in [4.78, 5) is 13.5. The molecule has 0 spiro atoms. The molecule has 6 heteroatoms. The van der Waals surface area contributed by atoms with E-state index in [1.807, 2.05) is 48.8 Å². The van der Waals surface area contributed by atoms with Gasteiger partial charge in [0.05, 0.1) is 12.2 Å². The Labute approximate surface area is 171 Å². The summed E-state index contributed by atoms with van der Waals surface area (Å²) in [5, 5.41) is 8.98. The molecule has 2 N–H and O–H groups in total. The van der Waals surface area contributed by atoms with Crippen molar-refractivity contribution in [1.82, 2.24) is 20.6 Å². The molecule has 2 heterocycles. The van der Waals surface area contributed by atoms with Crippen LogP contribution in [0.1, 0.15) is 18.3 Å². The first-order valence-corrected chi connectivity index (χ1v) is 8.61. The number of nitrogens with zero attached hydrogens (tertiary/aromatic N) is 3. The Balaban J connectivity index is 0.00000243. The highest BCUT2D eigenvalue weighted by Crippen LogP contribution is 2.16. The second-order valence-electron chi connectivity index (χ2n) is 5.67. The molecule has 0 saturated carbocycles. The van der Waals surface area contributed by atoms with Crippen LogP contribution in [0.3, 0.4) is 0 Å². The van der Waals surface area contributed by atoms with Crippen LogP contribution < -0.4 is 10.6 Å². The third-order valence-corrected chi connectivity index (χ3v) is 3.89. The van der Waals surface area contributed by atoms with Gasteiger partial charge in [0.1, 0.15) is 0 Å². The number of pyridine rings is 2. The van der Waals surface area contributed by atoms with Gasteiger partial charge in [-0.25, -0.2) is 4.99 Å². The molecular formula is C20H24IN5. The van der Waals surface area contributed by atoms with E-state index in [-0.39, 0.29) is 24.0 Å². The minimum absolute atomic E-state index is 0. The summed E-state index contributed by atoms with van der Waals surface area (Å²) in [5.74, 6) is 0.799. The van der Waals surface area contributed by atoms with E-state index in [1.165, 1.54) is 5.39 Å². The fourth-order valence-corrected chi connectivity index (χ4v) is 2.66. The summed E-state index contributed by atoms with van der Waals surface area (Å²) >= 11 is 0. The molecule has 2 aromatic heterocycles. The smallest absolute Gasteiger partial charge is 0.191 e. The van der Waals surface area contributed by atoms with E-state index in [2.05, 4.69) is 44.7 Å². The fraction of sp³-hybridized carbons (Fsp3) is 0.250. The number of aromatic nitrogens is 2. The highest BCUT2D eigenvalue weighted by Gasteiger charge is 2.03. The van der Waals surface area contributed by atoms with Crippen LogP contribution in [-0.4, -0.2) is 29.0 Å². The van der Waals surface area contributed by atoms with Gasteiger partial charge in [0.25, 0.3) is 0 Å². The Morgan fingerprint density at radius 1 is 0.962 bits per heavy atom. The number of halogens is 1. The first-order valence-electron chi connectivity index (χ1n) is 8.61. The minimum Gasteiger partial charge on any atom is -0.357 e. The van der Waals surface area contributed by atoms with Crippen molar-refractivity contribution in [1.29, 1.82) is 0 Å². The summed E-state index contributed by atoms with van der Waals surface area (Å²) in [5.41, 5.74) is 2.06. The van der Waals surface area contributed by atoms with E-state index in [0.717, 1.165) is 42.2 Å². The Morgan fingerprint density at radius 3 is 2.62 bits per heavy atom. The number of hydrogen-bond acceptors (Lipinski definition) is 3. The lowest BCUT2D eigenvalue weighted by atomic mass is 10.1. The van der Waals surface area contributed by atoms with E-state index in [4.69, 9.17) is 0 Å². The predicted octanol–water partition coefficient (Wildman–Crippen LogP) is 3.55. The monoisotopic (exact) mass is 461 g/mol. The van der Waals surface area contributed by atoms with E-state index < -0.39 is 0 Å². The van der Waals surface area contributed by atoms with Crippen LogP contribution in [0.2, 0.25) is 0 Å². The number of hydrogen-bond donors (Lipinski definition) is 2. The first kappa shape index (κ1) is 20.1. The van der Waals surface area contributed by atoms with E-state index >= 15 is 0 Å². The van der Waals surface area contributed by atoms with Gasteiger partial charge in [-0.15, -0.1) is 24.0 Å². The maximum Gasteiger partial charge on any atom is 0.191 e. The van der Waals surface area contributed by atoms with Crippen LogP contribution >= 0.6 is 24.0 Å². The van der Waals surface area contributed by atoms with Gasteiger partial charge in [-0.05, 0) is 30.5 Å². The van der Waals surface area contributed by atoms with Crippen LogP contribution in [0.15, 0.2) is 65.9 Å². The SMILES string of the molecule is CCNC(=NCc1nccc2ccccc12)NCCc1ccccn1.I. The normalized spacial score (nSPS) is 11.0. The lowest BCUT2D eigenvalue weighted by molar-refractivity contribution is 0.786. The molecule has 0 atom stereocenters. The summed E-state index contributed by atoms with van der Waals surface area (Å²) in [6, 6.07) is 16.3. The van der Waals surface area contributed by atoms with Gasteiger partial charge in [-0.1, -0.05) is 30.3 Å². The third-order valence-electron chi connectivity index (χ3n) is 3.89. The van der Waals surface area contributed by atoms with Crippen LogP contribution in [0.25, 0.3) is 10.8 Å². The Bertz CT molecular complexity index is 830. The van der Waals surface area contributed by atoms with Crippen LogP contribution in [0, 0.1) is 0 Å². The molecule has 0 aliphatic carbocycles. The Kier molecular flexibility index (Phi) is 8.27. The van der Waals surface area contributed by atoms with E-state index in [9.17, 15) is 0 Å². The first-order chi connectivity index (χ1) is 12.4. The quantitative estimate of drug-likeness (QED) is 0.335. The Morgan fingerprint density at radius 2 is 1.81 bits per heavy atom. The van der Waals surface area contributed by atoms with Gasteiger partial charge in [0.15, 0.2) is 5.96 Å². The average Bonchev–Trinajstić information content (AvgIpc) is 2.67. The molecule has 0 aliphatic rings. The minimum atomic E-state index is 0. The zero-order valence-electron chi connectivity index (χ0n) is 14.9. The lowest BCUT2D eigenvalue weighted by Crippen LogP contribution is -2.38. The van der Waals surface area contributed by atoms with Crippen molar-refractivity contribution in [3.63, 3.8) is 0 Å². The zero-order chi connectivity index (χ0) is 17.3. The predicted molar refractivity (Wildman–Crippen MR) is 118 cm³/mol. The largest absolute Gasteiger partial charge is 0.357 e. The van der Waals surface area contributed by atoms with Gasteiger partial charge in [-0.3, -0.25) is 9.97 Å². The summed E-state index contributed by atoms with van der Waals surface area (Å²) < 4.78 is 0. The topological polar surface area (TPSA) is 62.2 Å². The molecule has 3 rings (SSSR count). The Hall–Kier alpha value is -2.22. The number of nitrogens with one attached hydrogen (secondary N) is 2. The maximum absolute atomic E-state index is 4.68. The fourth-order valence-electron chi connectivity index (χ4n) is 2.66. The molecule has 136 valence electrons. The van der Waals surface area contributed by atoms with Gasteiger partial charge < -0.3 is 10.6 Å². The second-order valence-corrected chi connectivity index (χ2v) is 5.67. The molecular weight excluding hydrogens is 437 g/mol. The van der Waals surface area contributed by atoms with Crippen molar-refractivity contribution in [3.05, 3.63) is 72.3 Å². The van der Waals surface area contributed by atoms with Crippen molar-refractivity contribution in [3.8, 4) is 0 Å². The summed E-state index contributed by atoms with van der Waals surface area (Å²) in [6.07, 6.45) is 4.52. The number of aliphatic imine (C=N–C) groups is 1. The molecule has 1 aromatic carbocycles. The van der Waals surface area contributed by atoms with E-state index in [0.29, 0.717) is 6.54 Å². The molecule has 0 aliphatic heterocycles. The molecule has 0 saturated heterocycles. The van der Waals surface area contributed by atoms with Crippen molar-refractivity contribution in [2.75, 3.05) is 13.1 Å². The van der Waals surface area contributed by atoms with Crippen molar-refractivity contribution >= 4 is 40.7 Å². The number of guanidine groups is 1. The van der Waals surface area contributed by atoms with Gasteiger partial charge in [0.2, 0.25) is 0 Å². The standard InChI is InChI=1S/C20H23N5.HI/c1-2-21-20(24-14-11-17-8-5-6-12-22-17)25-15-19-18-9-4-3-7-16(18)10-13-23-19;/h3-10,12-13H,2,11,14-15H2,1H3,(H2,21,24,25);1H. The highest BCUT2D eigenvalue weighted by molar-refractivity contribution is 14.0. The molecule has 0 bridgehead atoms. The van der Waals surface area contributed by atoms with Crippen molar-refractivity contribution in [2.45, 2.75) is 19.9 Å². The van der Waals surface area contributed by atoms with Gasteiger partial charge in [-0.2, -0.15) is 0 Å². The molecule has 0 unspecified atom stereocenters. The maximum atomic E-state index is 4.68. The van der Waals surface area contributed by atoms with Crippen molar-refractivity contribution < 1.29 is 0 Å². The molecule has 26 heavy (non-hydrogen) atoms. The molecule has 0 fully saturated rings. The summed E-state index contributed by atoms with van der Waals surface area (Å²) in [7, 11) is 0. The number of rotatable bonds is 6. The molecule has 0 radical (unpaired) electrons. The summed E-state index contributed by atoms with van der Waals surface area (Å²) in [6.45, 7) is 4.20. The lowest BCUT2D eigenvalue weighted by Gasteiger charge is -2.11. The molecule has 5 nitrogen and oxygen atoms in total. The van der Waals surface area contributed by atoms with Gasteiger partial charge in [0, 0.05) is 43.0 Å². The zero-order valence-corrected chi connectivity index (χ0v) is 17.2. The van der Waals surface area contributed by atoms with Crippen LogP contribution in [0.5, 0.6) is 0 Å². The van der Waals surface area contributed by atoms with Crippen LogP contribution in [-0.2, 0) is 13.0 Å². The second kappa shape index (κ2) is 10.7. The molecule has 0 amide bonds. The van der Waals surface area contributed by atoms with E-state index in [1.54, 1.807) is 0 Å². The number of fused-ring (bicyclic) bond motifs is 1. The molecule has 3 aromatic rings. The van der Waals surface area contributed by atoms with Crippen LogP contribution in [0.4, 0.5) is 0 Å². The highest BCUT2D eigenvalue weighted by atomic mass is 127. The average molecular weight is 461 g/mol.